The quantitative estimate of drug-likeness (QED) is 0.110. The number of carboxylic acid groups (broad SMARTS) is 1. The molecule has 0 aliphatic heterocycles. The van der Waals surface area contributed by atoms with Crippen LogP contribution in [0.2, 0.25) is 0 Å². The van der Waals surface area contributed by atoms with Crippen LogP contribution in [0.15, 0.2) is 133 Å². The van der Waals surface area contributed by atoms with Gasteiger partial charge in [-0.2, -0.15) is 0 Å². The summed E-state index contributed by atoms with van der Waals surface area (Å²) >= 11 is 0. The summed E-state index contributed by atoms with van der Waals surface area (Å²) in [6, 6.07) is 42.9. The molecule has 47 heavy (non-hydrogen) atoms. The maximum atomic E-state index is 12.7. The molecule has 6 rings (SSSR count). The summed E-state index contributed by atoms with van der Waals surface area (Å²) in [7, 11) is 0. The molecule has 0 saturated carbocycles. The van der Waals surface area contributed by atoms with Crippen molar-refractivity contribution in [1.29, 1.82) is 0 Å². The molecule has 0 aliphatic rings. The van der Waals surface area contributed by atoms with Gasteiger partial charge in [0.25, 0.3) is 0 Å². The zero-order valence-corrected chi connectivity index (χ0v) is 25.8. The highest BCUT2D eigenvalue weighted by atomic mass is 16.5. The molecule has 0 aliphatic carbocycles. The van der Waals surface area contributed by atoms with Crippen molar-refractivity contribution in [2.24, 2.45) is 0 Å². The number of hydrogen-bond acceptors (Lipinski definition) is 5. The van der Waals surface area contributed by atoms with Crippen molar-refractivity contribution in [3.05, 3.63) is 173 Å². The fraction of sp³-hybridized carbons (Fsp3) is 0.122. The first kappa shape index (κ1) is 31.1. The number of nitrogens with zero attached hydrogens (tertiary/aromatic N) is 1. The van der Waals surface area contributed by atoms with Gasteiger partial charge >= 0.3 is 5.97 Å². The van der Waals surface area contributed by atoms with Crippen molar-refractivity contribution >= 4 is 16.9 Å². The minimum atomic E-state index is -1.14. The molecule has 0 spiro atoms. The number of hydrogen-bond donors (Lipinski definition) is 1. The standard InChI is InChI=1S/C41H33NO5/c43-41(44)39-36(24-30-14-5-1-6-15-30)40(47-29-33-20-11-4-12-21-33)35-25-34(22-13-23-45-27-31-16-7-2-8-17-31)26-37(38(35)42-39)46-28-32-18-9-3-10-19-32/h1-12,14-21,25-26H,23-24,27-29H2,(H,43,44). The Morgan fingerprint density at radius 1 is 0.660 bits per heavy atom. The van der Waals surface area contributed by atoms with Crippen molar-refractivity contribution < 1.29 is 24.1 Å². The molecule has 1 aromatic heterocycles. The number of ether oxygens (including phenoxy) is 3. The molecule has 0 amide bonds. The Morgan fingerprint density at radius 2 is 1.19 bits per heavy atom. The van der Waals surface area contributed by atoms with E-state index in [4.69, 9.17) is 19.2 Å². The van der Waals surface area contributed by atoms with Crippen LogP contribution < -0.4 is 9.47 Å². The molecule has 1 heterocycles. The van der Waals surface area contributed by atoms with Crippen LogP contribution in [0.3, 0.4) is 0 Å². The third-order valence-electron chi connectivity index (χ3n) is 7.51. The Hall–Kier alpha value is -5.90. The molecule has 6 heteroatoms. The first-order valence-electron chi connectivity index (χ1n) is 15.4. The van der Waals surface area contributed by atoms with Gasteiger partial charge in [0.1, 0.15) is 36.8 Å². The predicted molar refractivity (Wildman–Crippen MR) is 182 cm³/mol. The molecule has 232 valence electrons. The zero-order valence-electron chi connectivity index (χ0n) is 25.8. The molecule has 0 atom stereocenters. The van der Waals surface area contributed by atoms with E-state index in [1.165, 1.54) is 0 Å². The minimum absolute atomic E-state index is 0.0814. The number of benzene rings is 5. The molecular weight excluding hydrogens is 586 g/mol. The van der Waals surface area contributed by atoms with Gasteiger partial charge < -0.3 is 19.3 Å². The SMILES string of the molecule is O=C(O)c1nc2c(OCc3ccccc3)cc(C#CCOCc3ccccc3)cc2c(OCc2ccccc2)c1Cc1ccccc1. The molecule has 5 aromatic carbocycles. The lowest BCUT2D eigenvalue weighted by Gasteiger charge is -2.19. The minimum Gasteiger partial charge on any atom is -0.488 e. The Kier molecular flexibility index (Phi) is 10.2. The lowest BCUT2D eigenvalue weighted by molar-refractivity contribution is 0.0689. The van der Waals surface area contributed by atoms with Gasteiger partial charge in [0, 0.05) is 22.9 Å². The smallest absolute Gasteiger partial charge is 0.354 e. The first-order chi connectivity index (χ1) is 23.1. The lowest BCUT2D eigenvalue weighted by Crippen LogP contribution is -2.11. The van der Waals surface area contributed by atoms with Crippen LogP contribution >= 0.6 is 0 Å². The third kappa shape index (κ3) is 8.23. The van der Waals surface area contributed by atoms with Crippen LogP contribution in [0.4, 0.5) is 0 Å². The van der Waals surface area contributed by atoms with E-state index in [9.17, 15) is 9.90 Å². The van der Waals surface area contributed by atoms with Crippen LogP contribution in [0.25, 0.3) is 10.9 Å². The Morgan fingerprint density at radius 3 is 1.77 bits per heavy atom. The van der Waals surface area contributed by atoms with E-state index in [-0.39, 0.29) is 25.5 Å². The van der Waals surface area contributed by atoms with E-state index < -0.39 is 5.97 Å². The summed E-state index contributed by atoms with van der Waals surface area (Å²) in [6.45, 7) is 1.20. The summed E-state index contributed by atoms with van der Waals surface area (Å²) in [5.74, 6) is 6.04. The zero-order chi connectivity index (χ0) is 32.3. The molecule has 0 bridgehead atoms. The van der Waals surface area contributed by atoms with Crippen molar-refractivity contribution in [2.45, 2.75) is 26.2 Å². The van der Waals surface area contributed by atoms with Crippen LogP contribution in [0.1, 0.15) is 43.9 Å². The van der Waals surface area contributed by atoms with Crippen molar-refractivity contribution in [1.82, 2.24) is 4.98 Å². The number of aromatic carboxylic acids is 1. The highest BCUT2D eigenvalue weighted by Crippen LogP contribution is 2.38. The van der Waals surface area contributed by atoms with Crippen molar-refractivity contribution in [3.8, 4) is 23.3 Å². The number of fused-ring (bicyclic) bond motifs is 1. The highest BCUT2D eigenvalue weighted by Gasteiger charge is 2.24. The van der Waals surface area contributed by atoms with Gasteiger partial charge in [-0.05, 0) is 34.4 Å². The molecule has 6 aromatic rings. The number of pyridine rings is 1. The molecule has 0 saturated heterocycles. The first-order valence-corrected chi connectivity index (χ1v) is 15.4. The monoisotopic (exact) mass is 619 g/mol. The maximum absolute atomic E-state index is 12.7. The van der Waals surface area contributed by atoms with E-state index in [2.05, 4.69) is 11.8 Å². The normalized spacial score (nSPS) is 10.6. The summed E-state index contributed by atoms with van der Waals surface area (Å²) in [5.41, 5.74) is 5.39. The Bertz CT molecular complexity index is 2000. The Labute approximate surface area is 274 Å². The van der Waals surface area contributed by atoms with Gasteiger partial charge in [-0.1, -0.05) is 133 Å². The molecule has 6 nitrogen and oxygen atoms in total. The van der Waals surface area contributed by atoms with E-state index >= 15 is 0 Å². The van der Waals surface area contributed by atoms with Crippen LogP contribution in [-0.4, -0.2) is 22.7 Å². The van der Waals surface area contributed by atoms with Crippen molar-refractivity contribution in [2.75, 3.05) is 6.61 Å². The number of carboxylic acids is 1. The van der Waals surface area contributed by atoms with E-state index in [1.807, 2.05) is 127 Å². The molecule has 0 radical (unpaired) electrons. The maximum Gasteiger partial charge on any atom is 0.354 e. The second-order valence-corrected chi connectivity index (χ2v) is 10.9. The second-order valence-electron chi connectivity index (χ2n) is 10.9. The third-order valence-corrected chi connectivity index (χ3v) is 7.51. The fourth-order valence-corrected chi connectivity index (χ4v) is 5.23. The number of carbonyl (C=O) groups is 1. The average Bonchev–Trinajstić information content (AvgIpc) is 3.11. The Balaban J connectivity index is 1.44. The van der Waals surface area contributed by atoms with Gasteiger partial charge in [0.15, 0.2) is 5.69 Å². The highest BCUT2D eigenvalue weighted by molar-refractivity contribution is 5.98. The number of rotatable bonds is 12. The van der Waals surface area contributed by atoms with Gasteiger partial charge in [-0.15, -0.1) is 0 Å². The molecule has 1 N–H and O–H groups in total. The van der Waals surface area contributed by atoms with Gasteiger partial charge in [0.2, 0.25) is 0 Å². The van der Waals surface area contributed by atoms with E-state index in [0.717, 1.165) is 22.3 Å². The summed E-state index contributed by atoms with van der Waals surface area (Å²) in [4.78, 5) is 17.5. The van der Waals surface area contributed by atoms with Gasteiger partial charge in [-0.25, -0.2) is 9.78 Å². The van der Waals surface area contributed by atoms with Crippen LogP contribution in [0.5, 0.6) is 11.5 Å². The van der Waals surface area contributed by atoms with Gasteiger partial charge in [-0.3, -0.25) is 0 Å². The lowest BCUT2D eigenvalue weighted by atomic mass is 9.98. The van der Waals surface area contributed by atoms with E-state index in [0.29, 0.717) is 46.6 Å². The number of aromatic nitrogens is 1. The molecule has 0 fully saturated rings. The van der Waals surface area contributed by atoms with Crippen molar-refractivity contribution in [3.63, 3.8) is 0 Å². The summed E-state index contributed by atoms with van der Waals surface area (Å²) in [5, 5.41) is 11.0. The summed E-state index contributed by atoms with van der Waals surface area (Å²) in [6.07, 6.45) is 0.318. The van der Waals surface area contributed by atoms with Gasteiger partial charge in [0.05, 0.1) is 6.61 Å². The average molecular weight is 620 g/mol. The fourth-order valence-electron chi connectivity index (χ4n) is 5.23. The van der Waals surface area contributed by atoms with E-state index in [1.54, 1.807) is 6.07 Å². The molecular formula is C41H33NO5. The molecule has 0 unspecified atom stereocenters. The predicted octanol–water partition coefficient (Wildman–Crippen LogP) is 8.25. The topological polar surface area (TPSA) is 77.9 Å². The van der Waals surface area contributed by atoms with Crippen LogP contribution in [-0.2, 0) is 31.0 Å². The van der Waals surface area contributed by atoms with Crippen LogP contribution in [0, 0.1) is 11.8 Å². The largest absolute Gasteiger partial charge is 0.488 e. The summed E-state index contributed by atoms with van der Waals surface area (Å²) < 4.78 is 18.7. The second kappa shape index (κ2) is 15.4.